The van der Waals surface area contributed by atoms with Gasteiger partial charge in [0.2, 0.25) is 0 Å². The van der Waals surface area contributed by atoms with Gasteiger partial charge in [-0.15, -0.1) is 0 Å². The van der Waals surface area contributed by atoms with Gasteiger partial charge in [-0.2, -0.15) is 0 Å². The number of hydrogen-bond acceptors (Lipinski definition) is 0. The molecule has 0 bridgehead atoms. The lowest BCUT2D eigenvalue weighted by atomic mass is 10.0. The Morgan fingerprint density at radius 3 is 1.97 bits per heavy atom. The predicted molar refractivity (Wildman–Crippen MR) is 115 cm³/mol. The van der Waals surface area contributed by atoms with E-state index in [2.05, 4.69) is 11.8 Å². The maximum absolute atomic E-state index is 14.0. The molecule has 0 aliphatic heterocycles. The highest BCUT2D eigenvalue weighted by atomic mass is 19.1. The van der Waals surface area contributed by atoms with Crippen molar-refractivity contribution in [1.82, 2.24) is 0 Å². The first-order chi connectivity index (χ1) is 14.5. The van der Waals surface area contributed by atoms with Crippen molar-refractivity contribution in [3.63, 3.8) is 0 Å². The second-order valence-electron chi connectivity index (χ2n) is 7.36. The molecule has 4 rings (SSSR count). The molecule has 0 unspecified atom stereocenters. The molecule has 0 N–H and O–H groups in total. The molecule has 0 nitrogen and oxygen atoms in total. The maximum atomic E-state index is 14.0. The van der Waals surface area contributed by atoms with Crippen molar-refractivity contribution >= 4 is 10.8 Å². The molecule has 0 aromatic heterocycles. The fourth-order valence-electron chi connectivity index (χ4n) is 3.43. The lowest BCUT2D eigenvalue weighted by Crippen LogP contribution is -2.00. The third-order valence-electron chi connectivity index (χ3n) is 5.06. The van der Waals surface area contributed by atoms with Crippen LogP contribution in [0, 0.1) is 36.2 Å². The summed E-state index contributed by atoms with van der Waals surface area (Å²) >= 11 is 0. The number of fused-ring (bicyclic) bond motifs is 1. The Labute approximate surface area is 174 Å². The average Bonchev–Trinajstić information content (AvgIpc) is 2.72. The molecule has 0 fully saturated rings. The Hall–Kier alpha value is -3.51. The van der Waals surface area contributed by atoms with E-state index < -0.39 is 11.6 Å². The monoisotopic (exact) mass is 400 g/mol. The first kappa shape index (κ1) is 19.8. The summed E-state index contributed by atoms with van der Waals surface area (Å²) in [6.07, 6.45) is 0.854. The zero-order chi connectivity index (χ0) is 21.1. The van der Waals surface area contributed by atoms with Crippen molar-refractivity contribution < 1.29 is 13.2 Å². The molecule has 0 saturated heterocycles. The van der Waals surface area contributed by atoms with Crippen LogP contribution in [0.1, 0.15) is 27.8 Å². The summed E-state index contributed by atoms with van der Waals surface area (Å²) in [5, 5.41) is 1.78. The Balaban J connectivity index is 1.45. The molecule has 0 radical (unpaired) electrons. The van der Waals surface area contributed by atoms with E-state index in [9.17, 15) is 13.2 Å². The highest BCUT2D eigenvalue weighted by Crippen LogP contribution is 2.19. The Bertz CT molecular complexity index is 1250. The molecule has 0 heterocycles. The number of aryl methyl sites for hydroxylation is 2. The minimum absolute atomic E-state index is 0.126. The van der Waals surface area contributed by atoms with E-state index in [1.54, 1.807) is 13.0 Å². The number of halogens is 3. The molecule has 3 heteroatoms. The lowest BCUT2D eigenvalue weighted by Gasteiger charge is -2.07. The van der Waals surface area contributed by atoms with Gasteiger partial charge in [0.25, 0.3) is 0 Å². The maximum Gasteiger partial charge on any atom is 0.129 e. The fourth-order valence-corrected chi connectivity index (χ4v) is 3.43. The molecule has 0 atom stereocenters. The van der Waals surface area contributed by atoms with Gasteiger partial charge in [0, 0.05) is 16.7 Å². The largest absolute Gasteiger partial charge is 0.207 e. The van der Waals surface area contributed by atoms with Gasteiger partial charge in [0.1, 0.15) is 17.5 Å². The number of benzene rings is 4. The SMILES string of the molecule is Cc1cc(F)c(CCc2ccc(C#Cc3ccc4cc(F)ccc4c3)cc2)c(F)c1. The molecule has 4 aromatic rings. The molecule has 0 aliphatic rings. The quantitative estimate of drug-likeness (QED) is 0.334. The minimum atomic E-state index is -0.492. The van der Waals surface area contributed by atoms with Crippen LogP contribution in [0.3, 0.4) is 0 Å². The fraction of sp³-hybridized carbons (Fsp3) is 0.111. The highest BCUT2D eigenvalue weighted by molar-refractivity contribution is 5.83. The van der Waals surface area contributed by atoms with Crippen LogP contribution < -0.4 is 0 Å². The van der Waals surface area contributed by atoms with Crippen molar-refractivity contribution in [2.45, 2.75) is 19.8 Å². The summed E-state index contributed by atoms with van der Waals surface area (Å²) < 4.78 is 41.2. The van der Waals surface area contributed by atoms with E-state index in [1.165, 1.54) is 24.3 Å². The lowest BCUT2D eigenvalue weighted by molar-refractivity contribution is 0.553. The topological polar surface area (TPSA) is 0 Å². The molecule has 0 aliphatic carbocycles. The van der Waals surface area contributed by atoms with Gasteiger partial charge < -0.3 is 0 Å². The van der Waals surface area contributed by atoms with Gasteiger partial charge in [-0.25, -0.2) is 13.2 Å². The molecular weight excluding hydrogens is 381 g/mol. The van der Waals surface area contributed by atoms with Gasteiger partial charge in [-0.05, 0) is 90.2 Å². The summed E-state index contributed by atoms with van der Waals surface area (Å²) in [6, 6.07) is 20.7. The highest BCUT2D eigenvalue weighted by Gasteiger charge is 2.10. The van der Waals surface area contributed by atoms with Crippen molar-refractivity contribution in [2.24, 2.45) is 0 Å². The zero-order valence-electron chi connectivity index (χ0n) is 16.5. The second kappa shape index (κ2) is 8.47. The van der Waals surface area contributed by atoms with Gasteiger partial charge in [-0.1, -0.05) is 36.1 Å². The van der Waals surface area contributed by atoms with Crippen molar-refractivity contribution in [2.75, 3.05) is 0 Å². The molecule has 148 valence electrons. The summed E-state index contributed by atoms with van der Waals surface area (Å²) in [4.78, 5) is 0. The Kier molecular flexibility index (Phi) is 5.59. The van der Waals surface area contributed by atoms with Crippen LogP contribution in [0.2, 0.25) is 0 Å². The molecule has 4 aromatic carbocycles. The number of rotatable bonds is 3. The molecule has 0 spiro atoms. The van der Waals surface area contributed by atoms with E-state index in [1.807, 2.05) is 42.5 Å². The minimum Gasteiger partial charge on any atom is -0.207 e. The Morgan fingerprint density at radius 2 is 1.23 bits per heavy atom. The smallest absolute Gasteiger partial charge is 0.129 e. The number of hydrogen-bond donors (Lipinski definition) is 0. The Morgan fingerprint density at radius 1 is 0.633 bits per heavy atom. The zero-order valence-corrected chi connectivity index (χ0v) is 16.5. The molecular formula is C27H19F3. The van der Waals surface area contributed by atoms with E-state index in [0.717, 1.165) is 27.5 Å². The molecule has 0 amide bonds. The normalized spacial score (nSPS) is 10.7. The molecule has 30 heavy (non-hydrogen) atoms. The van der Waals surface area contributed by atoms with E-state index in [0.29, 0.717) is 18.4 Å². The van der Waals surface area contributed by atoms with Gasteiger partial charge in [-0.3, -0.25) is 0 Å². The third-order valence-corrected chi connectivity index (χ3v) is 5.06. The van der Waals surface area contributed by atoms with Gasteiger partial charge >= 0.3 is 0 Å². The van der Waals surface area contributed by atoms with E-state index in [-0.39, 0.29) is 11.4 Å². The van der Waals surface area contributed by atoms with Crippen molar-refractivity contribution in [1.29, 1.82) is 0 Å². The summed E-state index contributed by atoms with van der Waals surface area (Å²) in [5.41, 5.74) is 3.40. The van der Waals surface area contributed by atoms with Crippen LogP contribution in [0.25, 0.3) is 10.8 Å². The summed E-state index contributed by atoms with van der Waals surface area (Å²) in [6.45, 7) is 1.67. The summed E-state index contributed by atoms with van der Waals surface area (Å²) in [5.74, 6) is 5.00. The standard InChI is InChI=1S/C27H19F3/c1-18-14-26(29)25(27(30)15-18)13-9-20-4-2-19(3-5-20)6-7-21-8-10-23-17-24(28)12-11-22(23)16-21/h2-5,8,10-12,14-17H,9,13H2,1H3. The van der Waals surface area contributed by atoms with E-state index >= 15 is 0 Å². The van der Waals surface area contributed by atoms with Crippen LogP contribution in [0.15, 0.2) is 72.8 Å². The van der Waals surface area contributed by atoms with Crippen LogP contribution in [-0.2, 0) is 12.8 Å². The first-order valence-corrected chi connectivity index (χ1v) is 9.73. The van der Waals surface area contributed by atoms with E-state index in [4.69, 9.17) is 0 Å². The predicted octanol–water partition coefficient (Wildman–Crippen LogP) is 6.75. The van der Waals surface area contributed by atoms with Gasteiger partial charge in [0.05, 0.1) is 0 Å². The first-order valence-electron chi connectivity index (χ1n) is 9.73. The molecule has 0 saturated carbocycles. The average molecular weight is 400 g/mol. The van der Waals surface area contributed by atoms with Crippen molar-refractivity contribution in [3.8, 4) is 11.8 Å². The van der Waals surface area contributed by atoms with Crippen LogP contribution >= 0.6 is 0 Å². The summed E-state index contributed by atoms with van der Waals surface area (Å²) in [7, 11) is 0. The van der Waals surface area contributed by atoms with Crippen LogP contribution in [-0.4, -0.2) is 0 Å². The second-order valence-corrected chi connectivity index (χ2v) is 7.36. The van der Waals surface area contributed by atoms with Gasteiger partial charge in [0.15, 0.2) is 0 Å². The third kappa shape index (κ3) is 4.55. The van der Waals surface area contributed by atoms with Crippen LogP contribution in [0.5, 0.6) is 0 Å². The van der Waals surface area contributed by atoms with Crippen LogP contribution in [0.4, 0.5) is 13.2 Å². The van der Waals surface area contributed by atoms with Crippen molar-refractivity contribution in [3.05, 3.63) is 118 Å².